The van der Waals surface area contributed by atoms with E-state index >= 15 is 0 Å². The summed E-state index contributed by atoms with van der Waals surface area (Å²) >= 11 is 0. The molecule has 0 fully saturated rings. The van der Waals surface area contributed by atoms with E-state index in [2.05, 4.69) is 93.7 Å². The maximum atomic E-state index is 13.8. The molecular weight excluding hydrogens is 627 g/mol. The number of fused-ring (bicyclic) bond motifs is 1. The molecule has 3 atom stereocenters. The van der Waals surface area contributed by atoms with Crippen LogP contribution in [-0.2, 0) is 20.4 Å². The Hall–Kier alpha value is -4.46. The number of carbonyl (C=O) groups is 2. The summed E-state index contributed by atoms with van der Waals surface area (Å²) in [6.07, 6.45) is 16.6. The topological polar surface area (TPSA) is 84.9 Å². The number of aromatic hydroxyl groups is 1. The highest BCUT2D eigenvalue weighted by atomic mass is 28.4. The van der Waals surface area contributed by atoms with E-state index < -0.39 is 20.4 Å². The molecular formula is C42H51NO5Si. The first kappa shape index (κ1) is 37.4. The number of hydrogen-bond donors (Lipinski definition) is 2. The van der Waals surface area contributed by atoms with Gasteiger partial charge >= 0.3 is 5.97 Å². The maximum Gasteiger partial charge on any atom is 0.342 e. The number of carbonyl (C=O) groups excluding carboxylic acids is 2. The summed E-state index contributed by atoms with van der Waals surface area (Å²) in [5, 5.41) is 15.7. The van der Waals surface area contributed by atoms with Crippen LogP contribution in [0, 0.1) is 5.92 Å². The lowest BCUT2D eigenvalue weighted by Crippen LogP contribution is -2.68. The first-order valence-electron chi connectivity index (χ1n) is 17.3. The van der Waals surface area contributed by atoms with Gasteiger partial charge in [-0.2, -0.15) is 0 Å². The molecule has 0 spiro atoms. The molecule has 1 aliphatic heterocycles. The van der Waals surface area contributed by atoms with Crippen LogP contribution in [0.5, 0.6) is 5.75 Å². The standard InChI is InChI=1S/C42H51NO5Si/c1-6-7-8-15-29-39(45)43-30-19-23-34-31-38(32(2)20-16-17-21-33-22-18-28-37(44)40(33)41(46)47-34)48-49(42(3,4)5,35-24-11-9-12-25-35)36-26-13-10-14-27-36/h7-19,22,24-30,32,34,38,44H,6,20-21,23,31H2,1-5H3,(H,43,45)/b8-7-,17-16+,29-15-,30-19-/t32-,34-,38?/m1/s1. The predicted octanol–water partition coefficient (Wildman–Crippen LogP) is 7.93. The molecule has 1 heterocycles. The number of phenols is 1. The third-order valence-corrected chi connectivity index (χ3v) is 14.0. The summed E-state index contributed by atoms with van der Waals surface area (Å²) in [7, 11) is -2.95. The van der Waals surface area contributed by atoms with Gasteiger partial charge in [0, 0.05) is 25.1 Å². The second-order valence-corrected chi connectivity index (χ2v) is 17.9. The number of allylic oxidation sites excluding steroid dienone is 5. The first-order valence-corrected chi connectivity index (χ1v) is 19.2. The zero-order chi connectivity index (χ0) is 35.3. The molecule has 1 unspecified atom stereocenters. The number of esters is 1. The second kappa shape index (κ2) is 17.8. The van der Waals surface area contributed by atoms with Gasteiger partial charge < -0.3 is 19.6 Å². The van der Waals surface area contributed by atoms with Crippen molar-refractivity contribution in [2.75, 3.05) is 0 Å². The molecule has 1 aliphatic rings. The van der Waals surface area contributed by atoms with Gasteiger partial charge in [-0.15, -0.1) is 0 Å². The zero-order valence-corrected chi connectivity index (χ0v) is 30.5. The fourth-order valence-corrected chi connectivity index (χ4v) is 11.2. The van der Waals surface area contributed by atoms with Gasteiger partial charge in [0.1, 0.15) is 17.4 Å². The Morgan fingerprint density at radius 3 is 2.27 bits per heavy atom. The molecule has 0 aliphatic carbocycles. The Balaban J connectivity index is 1.74. The molecule has 0 bridgehead atoms. The molecule has 2 N–H and O–H groups in total. The largest absolute Gasteiger partial charge is 0.507 e. The van der Waals surface area contributed by atoms with Crippen LogP contribution in [0.25, 0.3) is 0 Å². The molecule has 0 saturated heterocycles. The van der Waals surface area contributed by atoms with Crippen molar-refractivity contribution in [3.63, 3.8) is 0 Å². The Morgan fingerprint density at radius 1 is 0.959 bits per heavy atom. The molecule has 1 amide bonds. The summed E-state index contributed by atoms with van der Waals surface area (Å²) in [6.45, 7) is 11.0. The van der Waals surface area contributed by atoms with Crippen LogP contribution in [0.15, 0.2) is 128 Å². The van der Waals surface area contributed by atoms with Gasteiger partial charge in [0.15, 0.2) is 0 Å². The van der Waals surface area contributed by atoms with Crippen molar-refractivity contribution < 1.29 is 23.9 Å². The molecule has 0 radical (unpaired) electrons. The fourth-order valence-electron chi connectivity index (χ4n) is 6.41. The lowest BCUT2D eigenvalue weighted by atomic mass is 9.93. The van der Waals surface area contributed by atoms with E-state index in [4.69, 9.17) is 9.16 Å². The summed E-state index contributed by atoms with van der Waals surface area (Å²) in [4.78, 5) is 26.1. The number of cyclic esters (lactones) is 1. The van der Waals surface area contributed by atoms with Gasteiger partial charge in [-0.3, -0.25) is 4.79 Å². The predicted molar refractivity (Wildman–Crippen MR) is 202 cm³/mol. The quantitative estimate of drug-likeness (QED) is 0.0749. The molecule has 4 rings (SSSR count). The highest BCUT2D eigenvalue weighted by Gasteiger charge is 2.52. The number of phenolic OH excluding ortho intramolecular Hbond substituents is 1. The van der Waals surface area contributed by atoms with E-state index in [9.17, 15) is 14.7 Å². The van der Waals surface area contributed by atoms with Gasteiger partial charge in [-0.25, -0.2) is 4.79 Å². The first-order chi connectivity index (χ1) is 23.6. The second-order valence-electron chi connectivity index (χ2n) is 13.6. The highest BCUT2D eigenvalue weighted by molar-refractivity contribution is 6.99. The van der Waals surface area contributed by atoms with Gasteiger partial charge in [-0.1, -0.05) is 144 Å². The summed E-state index contributed by atoms with van der Waals surface area (Å²) in [5.74, 6) is -0.842. The molecule has 0 aromatic heterocycles. The Kier molecular flexibility index (Phi) is 13.6. The molecule has 3 aromatic rings. The SMILES string of the molecule is CC/C=C\C=C/C(=O)N/C=C\C[C@@H]1CC(O[Si](c2ccccc2)(c2ccccc2)C(C)(C)C)[C@H](C)C/C=C/Cc2cccc(O)c2C(=O)O1. The van der Waals surface area contributed by atoms with Crippen molar-refractivity contribution in [1.29, 1.82) is 0 Å². The van der Waals surface area contributed by atoms with E-state index in [1.165, 1.54) is 22.5 Å². The van der Waals surface area contributed by atoms with Gasteiger partial charge in [0.2, 0.25) is 5.91 Å². The van der Waals surface area contributed by atoms with E-state index in [0.29, 0.717) is 24.8 Å². The molecule has 258 valence electrons. The lowest BCUT2D eigenvalue weighted by molar-refractivity contribution is -0.115. The van der Waals surface area contributed by atoms with Crippen molar-refractivity contribution in [2.24, 2.45) is 5.92 Å². The molecule has 49 heavy (non-hydrogen) atoms. The van der Waals surface area contributed by atoms with Gasteiger partial charge in [0.25, 0.3) is 8.32 Å². The highest BCUT2D eigenvalue weighted by Crippen LogP contribution is 2.40. The molecule has 3 aromatic carbocycles. The van der Waals surface area contributed by atoms with E-state index in [1.807, 2.05) is 43.4 Å². The minimum absolute atomic E-state index is 0.0900. The number of rotatable bonds is 10. The average molecular weight is 678 g/mol. The Bertz CT molecular complexity index is 1600. The number of amides is 1. The monoisotopic (exact) mass is 677 g/mol. The van der Waals surface area contributed by atoms with Gasteiger partial charge in [0.05, 0.1) is 6.10 Å². The van der Waals surface area contributed by atoms with Crippen LogP contribution in [0.2, 0.25) is 5.04 Å². The zero-order valence-electron chi connectivity index (χ0n) is 29.5. The van der Waals surface area contributed by atoms with Crippen LogP contribution >= 0.6 is 0 Å². The summed E-state index contributed by atoms with van der Waals surface area (Å²) in [5.41, 5.74) is 0.887. The number of hydrogen-bond acceptors (Lipinski definition) is 5. The molecule has 7 heteroatoms. The summed E-state index contributed by atoms with van der Waals surface area (Å²) in [6, 6.07) is 26.2. The minimum atomic E-state index is -2.95. The fraction of sp³-hybridized carbons (Fsp3) is 0.333. The number of benzene rings is 3. The van der Waals surface area contributed by atoms with Crippen molar-refractivity contribution >= 4 is 30.6 Å². The minimum Gasteiger partial charge on any atom is -0.507 e. The van der Waals surface area contributed by atoms with Crippen molar-refractivity contribution in [3.8, 4) is 5.75 Å². The number of ether oxygens (including phenoxy) is 1. The van der Waals surface area contributed by atoms with Crippen LogP contribution in [-0.4, -0.2) is 37.5 Å². The molecule has 0 saturated carbocycles. The third kappa shape index (κ3) is 9.80. The molecule has 6 nitrogen and oxygen atoms in total. The summed E-state index contributed by atoms with van der Waals surface area (Å²) < 4.78 is 13.9. The van der Waals surface area contributed by atoms with Gasteiger partial charge in [-0.05, 0) is 52.2 Å². The smallest absolute Gasteiger partial charge is 0.342 e. The van der Waals surface area contributed by atoms with Crippen molar-refractivity contribution in [3.05, 3.63) is 139 Å². The van der Waals surface area contributed by atoms with Crippen molar-refractivity contribution in [2.45, 2.75) is 84.0 Å². The normalized spacial score (nSPS) is 20.0. The van der Waals surface area contributed by atoms with Crippen LogP contribution in [0.4, 0.5) is 0 Å². The van der Waals surface area contributed by atoms with E-state index in [-0.39, 0.29) is 34.3 Å². The average Bonchev–Trinajstić information content (AvgIpc) is 3.08. The maximum absolute atomic E-state index is 13.8. The van der Waals surface area contributed by atoms with Crippen LogP contribution < -0.4 is 15.7 Å². The van der Waals surface area contributed by atoms with Crippen LogP contribution in [0.1, 0.15) is 76.2 Å². The van der Waals surface area contributed by atoms with E-state index in [1.54, 1.807) is 18.3 Å². The van der Waals surface area contributed by atoms with E-state index in [0.717, 1.165) is 12.8 Å². The third-order valence-electron chi connectivity index (χ3n) is 8.97. The lowest BCUT2D eigenvalue weighted by Gasteiger charge is -2.46. The van der Waals surface area contributed by atoms with Crippen molar-refractivity contribution in [1.82, 2.24) is 5.32 Å². The Morgan fingerprint density at radius 2 is 1.63 bits per heavy atom. The number of nitrogens with one attached hydrogen (secondary N) is 1. The Labute approximate surface area is 293 Å². The van der Waals surface area contributed by atoms with Crippen LogP contribution in [0.3, 0.4) is 0 Å².